The normalized spacial score (nSPS) is 12.6. The van der Waals surface area contributed by atoms with Crippen molar-refractivity contribution in [2.24, 2.45) is 0 Å². The van der Waals surface area contributed by atoms with Gasteiger partial charge >= 0.3 is 5.63 Å². The van der Waals surface area contributed by atoms with E-state index in [0.29, 0.717) is 32.6 Å². The molecule has 0 fully saturated rings. The summed E-state index contributed by atoms with van der Waals surface area (Å²) in [6.07, 6.45) is 0. The van der Waals surface area contributed by atoms with E-state index >= 15 is 0 Å². The summed E-state index contributed by atoms with van der Waals surface area (Å²) < 4.78 is 4.72. The van der Waals surface area contributed by atoms with Gasteiger partial charge in [0, 0.05) is 16.6 Å². The number of hydrogen-bond donors (Lipinski definition) is 2. The van der Waals surface area contributed by atoms with Gasteiger partial charge in [-0.3, -0.25) is 4.79 Å². The van der Waals surface area contributed by atoms with Crippen LogP contribution in [0.15, 0.2) is 75.4 Å². The summed E-state index contributed by atoms with van der Waals surface area (Å²) >= 11 is 1.23. The molecule has 4 rings (SSSR count). The zero-order valence-electron chi connectivity index (χ0n) is 15.9. The van der Waals surface area contributed by atoms with E-state index in [2.05, 4.69) is 22.3 Å². The number of aryl methyl sites for hydroxylation is 1. The van der Waals surface area contributed by atoms with Crippen molar-refractivity contribution < 1.29 is 14.4 Å². The summed E-state index contributed by atoms with van der Waals surface area (Å²) in [5.41, 5.74) is -1.00. The Morgan fingerprint density at radius 1 is 1.13 bits per heavy atom. The van der Waals surface area contributed by atoms with Gasteiger partial charge in [-0.05, 0) is 54.6 Å². The lowest BCUT2D eigenvalue weighted by Crippen LogP contribution is -2.38. The summed E-state index contributed by atoms with van der Waals surface area (Å²) in [5, 5.41) is 20.3. The first kappa shape index (κ1) is 19.6. The van der Waals surface area contributed by atoms with Crippen molar-refractivity contribution in [3.8, 4) is 11.8 Å². The van der Waals surface area contributed by atoms with E-state index in [0.717, 1.165) is 0 Å². The molecular weight excluding hydrogens is 400 g/mol. The van der Waals surface area contributed by atoms with Gasteiger partial charge in [0.05, 0.1) is 16.0 Å². The molecule has 0 aliphatic heterocycles. The van der Waals surface area contributed by atoms with E-state index in [9.17, 15) is 14.7 Å². The number of amides is 1. The maximum absolute atomic E-state index is 13.1. The highest BCUT2D eigenvalue weighted by Crippen LogP contribution is 2.28. The lowest BCUT2D eigenvalue weighted by Gasteiger charge is -2.20. The highest BCUT2D eigenvalue weighted by atomic mass is 32.1. The molecular formula is C23H16N2O4S. The molecule has 1 atom stereocenters. The average Bonchev–Trinajstić information content (AvgIpc) is 3.31. The molecule has 0 aliphatic rings. The van der Waals surface area contributed by atoms with E-state index in [1.807, 2.05) is 18.2 Å². The monoisotopic (exact) mass is 416 g/mol. The maximum atomic E-state index is 13.1. The van der Waals surface area contributed by atoms with Gasteiger partial charge in [0.2, 0.25) is 5.60 Å². The summed E-state index contributed by atoms with van der Waals surface area (Å²) in [6.45, 7) is 1.70. The van der Waals surface area contributed by atoms with Crippen molar-refractivity contribution in [1.29, 1.82) is 0 Å². The molecule has 1 unspecified atom stereocenters. The fraction of sp³-hybridized carbons (Fsp3) is 0.0870. The van der Waals surface area contributed by atoms with Gasteiger partial charge in [0.1, 0.15) is 0 Å². The molecule has 0 bridgehead atoms. The second kappa shape index (κ2) is 7.95. The minimum Gasteiger partial charge on any atom is -0.365 e. The van der Waals surface area contributed by atoms with E-state index in [1.165, 1.54) is 11.3 Å². The Hall–Kier alpha value is -3.73. The van der Waals surface area contributed by atoms with Gasteiger partial charge in [-0.15, -0.1) is 11.3 Å². The molecule has 0 radical (unpaired) electrons. The third kappa shape index (κ3) is 3.74. The number of hydrogen-bond acceptors (Lipinski definition) is 6. The number of nitrogens with one attached hydrogen (secondary N) is 1. The van der Waals surface area contributed by atoms with Gasteiger partial charge in [-0.25, -0.2) is 4.79 Å². The number of aromatic nitrogens is 1. The van der Waals surface area contributed by atoms with E-state index < -0.39 is 17.1 Å². The Balaban J connectivity index is 1.71. The Morgan fingerprint density at radius 3 is 2.67 bits per heavy atom. The van der Waals surface area contributed by atoms with E-state index in [1.54, 1.807) is 54.8 Å². The lowest BCUT2D eigenvalue weighted by molar-refractivity contribution is -0.129. The molecule has 2 heterocycles. The summed E-state index contributed by atoms with van der Waals surface area (Å²) in [7, 11) is 0. The van der Waals surface area contributed by atoms with Crippen LogP contribution in [0.1, 0.15) is 16.1 Å². The molecule has 0 saturated carbocycles. The van der Waals surface area contributed by atoms with Crippen molar-refractivity contribution in [3.63, 3.8) is 0 Å². The molecule has 2 N–H and O–H groups in total. The van der Waals surface area contributed by atoms with Crippen LogP contribution in [0.4, 0.5) is 5.69 Å². The van der Waals surface area contributed by atoms with Gasteiger partial charge in [0.15, 0.2) is 0 Å². The quantitative estimate of drug-likeness (QED) is 0.499. The largest absolute Gasteiger partial charge is 0.366 e. The molecule has 148 valence electrons. The fourth-order valence-electron chi connectivity index (χ4n) is 2.93. The van der Waals surface area contributed by atoms with Gasteiger partial charge in [-0.1, -0.05) is 35.3 Å². The zero-order valence-corrected chi connectivity index (χ0v) is 16.7. The molecule has 0 saturated heterocycles. The Labute approximate surface area is 175 Å². The number of aliphatic hydroxyl groups is 1. The highest BCUT2D eigenvalue weighted by Gasteiger charge is 2.37. The summed E-state index contributed by atoms with van der Waals surface area (Å²) in [5.74, 6) is 4.89. The SMILES string of the molecule is Cc1noc(=O)c2ccc(NC(=O)C(O)(C#Cc3ccccc3)c3cccs3)cc12. The molecule has 0 aliphatic carbocycles. The topological polar surface area (TPSA) is 92.4 Å². The lowest BCUT2D eigenvalue weighted by atomic mass is 10.0. The molecule has 30 heavy (non-hydrogen) atoms. The molecule has 1 amide bonds. The molecule has 2 aromatic heterocycles. The van der Waals surface area contributed by atoms with Crippen LogP contribution < -0.4 is 10.9 Å². The minimum absolute atomic E-state index is 0.359. The van der Waals surface area contributed by atoms with Crippen LogP contribution in [0.3, 0.4) is 0 Å². The minimum atomic E-state index is -2.04. The third-order valence-electron chi connectivity index (χ3n) is 4.52. The molecule has 0 spiro atoms. The average molecular weight is 416 g/mol. The van der Waals surface area contributed by atoms with Gasteiger partial charge < -0.3 is 14.9 Å². The van der Waals surface area contributed by atoms with Crippen LogP contribution in [0, 0.1) is 18.8 Å². The number of nitrogens with zero attached hydrogens (tertiary/aromatic N) is 1. The number of anilines is 1. The van der Waals surface area contributed by atoms with Gasteiger partial charge in [0.25, 0.3) is 5.91 Å². The smallest absolute Gasteiger partial charge is 0.365 e. The number of benzene rings is 2. The first-order chi connectivity index (χ1) is 14.5. The zero-order chi connectivity index (χ0) is 21.1. The number of fused-ring (bicyclic) bond motifs is 1. The van der Waals surface area contributed by atoms with Gasteiger partial charge in [-0.2, -0.15) is 0 Å². The highest BCUT2D eigenvalue weighted by molar-refractivity contribution is 7.10. The second-order valence-corrected chi connectivity index (χ2v) is 7.52. The molecule has 2 aromatic carbocycles. The van der Waals surface area contributed by atoms with Crippen molar-refractivity contribution >= 4 is 33.7 Å². The first-order valence-corrected chi connectivity index (χ1v) is 9.92. The van der Waals surface area contributed by atoms with Crippen LogP contribution in [-0.2, 0) is 10.4 Å². The molecule has 6 nitrogen and oxygen atoms in total. The summed E-state index contributed by atoms with van der Waals surface area (Å²) in [4.78, 5) is 25.3. The van der Waals surface area contributed by atoms with Crippen molar-refractivity contribution in [3.05, 3.63) is 92.6 Å². The predicted octanol–water partition coefficient (Wildman–Crippen LogP) is 3.44. The Bertz CT molecular complexity index is 1330. The number of thiophene rings is 1. The molecule has 4 aromatic rings. The van der Waals surface area contributed by atoms with Crippen LogP contribution in [0.5, 0.6) is 0 Å². The Morgan fingerprint density at radius 2 is 1.93 bits per heavy atom. The number of rotatable bonds is 3. The number of carbonyl (C=O) groups excluding carboxylic acids is 1. The third-order valence-corrected chi connectivity index (χ3v) is 5.50. The van der Waals surface area contributed by atoms with Crippen LogP contribution in [0.25, 0.3) is 10.8 Å². The van der Waals surface area contributed by atoms with Crippen molar-refractivity contribution in [2.75, 3.05) is 5.32 Å². The van der Waals surface area contributed by atoms with Crippen LogP contribution >= 0.6 is 11.3 Å². The Kier molecular flexibility index (Phi) is 5.19. The summed E-state index contributed by atoms with van der Waals surface area (Å²) in [6, 6.07) is 17.2. The first-order valence-electron chi connectivity index (χ1n) is 9.04. The van der Waals surface area contributed by atoms with Crippen LogP contribution in [-0.4, -0.2) is 16.2 Å². The molecule has 7 heteroatoms. The standard InChI is InChI=1S/C23H16N2O4S/c1-15-19-14-17(9-10-18(19)21(26)29-25-15)24-22(27)23(28,20-8-5-13-30-20)12-11-16-6-3-2-4-7-16/h2-10,13-14,28H,1H3,(H,24,27). The maximum Gasteiger partial charge on any atom is 0.366 e. The van der Waals surface area contributed by atoms with E-state index in [4.69, 9.17) is 4.52 Å². The van der Waals surface area contributed by atoms with Crippen LogP contribution in [0.2, 0.25) is 0 Å². The number of carbonyl (C=O) groups is 1. The van der Waals surface area contributed by atoms with E-state index in [-0.39, 0.29) is 0 Å². The fourth-order valence-corrected chi connectivity index (χ4v) is 3.70. The van der Waals surface area contributed by atoms with Crippen molar-refractivity contribution in [2.45, 2.75) is 12.5 Å². The predicted molar refractivity (Wildman–Crippen MR) is 115 cm³/mol. The van der Waals surface area contributed by atoms with Crippen molar-refractivity contribution in [1.82, 2.24) is 5.16 Å². The second-order valence-electron chi connectivity index (χ2n) is 6.57.